The molecule has 0 aliphatic carbocycles. The average Bonchev–Trinajstić information content (AvgIpc) is 2.79. The second kappa shape index (κ2) is 13.8. The predicted octanol–water partition coefficient (Wildman–Crippen LogP) is 9.71. The zero-order valence-corrected chi connectivity index (χ0v) is 32.0. The van der Waals surface area contributed by atoms with Gasteiger partial charge in [-0.05, 0) is 66.2 Å². The van der Waals surface area contributed by atoms with Gasteiger partial charge in [0.2, 0.25) is 0 Å². The Hall–Kier alpha value is -1.72. The van der Waals surface area contributed by atoms with E-state index in [-0.39, 0.29) is 45.2 Å². The number of benzene rings is 2. The average molecular weight is 683 g/mol. The molecule has 2 N–H and O–H groups in total. The van der Waals surface area contributed by atoms with Crippen molar-refractivity contribution in [1.82, 2.24) is 0 Å². The second-order valence-corrected chi connectivity index (χ2v) is 20.9. The van der Waals surface area contributed by atoms with Crippen LogP contribution in [0.1, 0.15) is 132 Å². The van der Waals surface area contributed by atoms with Crippen molar-refractivity contribution in [3.63, 3.8) is 0 Å². The number of carbonyl (C=O) groups excluding carboxylic acids is 1. The maximum Gasteiger partial charge on any atom is 0.397 e. The largest absolute Gasteiger partial charge is 0.507 e. The molecule has 0 aromatic heterocycles. The van der Waals surface area contributed by atoms with E-state index in [1.807, 2.05) is 0 Å². The molecule has 0 saturated heterocycles. The maximum absolute atomic E-state index is 12.9. The molecule has 0 spiro atoms. The third kappa shape index (κ3) is 11.8. The number of thioether (sulfide) groups is 2. The summed E-state index contributed by atoms with van der Waals surface area (Å²) in [5.41, 5.74) is 2.51. The quantitative estimate of drug-likeness (QED) is 0.0632. The van der Waals surface area contributed by atoms with Crippen LogP contribution in [0.3, 0.4) is 0 Å². The number of hydrogen-bond acceptors (Lipinski definition) is 8. The molecule has 0 bridgehead atoms. The highest BCUT2D eigenvalue weighted by Gasteiger charge is 2.33. The summed E-state index contributed by atoms with van der Waals surface area (Å²) in [7, 11) is -4.56. The van der Waals surface area contributed by atoms with Gasteiger partial charge in [-0.25, -0.2) is 4.18 Å². The lowest BCUT2D eigenvalue weighted by Crippen LogP contribution is -2.22. The van der Waals surface area contributed by atoms with E-state index in [9.17, 15) is 18.3 Å². The van der Waals surface area contributed by atoms with Gasteiger partial charge in [0.25, 0.3) is 0 Å². The molecule has 0 heterocycles. The lowest BCUT2D eigenvalue weighted by atomic mass is 9.79. The summed E-state index contributed by atoms with van der Waals surface area (Å²) in [6.45, 7) is 29.3. The molecular weight excluding hydrogens is 629 g/mol. The highest BCUT2D eigenvalue weighted by molar-refractivity contribution is 8.18. The topological polar surface area (TPSA) is 110 Å². The van der Waals surface area contributed by atoms with Crippen LogP contribution < -0.4 is 4.74 Å². The first-order valence-electron chi connectivity index (χ1n) is 15.3. The van der Waals surface area contributed by atoms with Gasteiger partial charge in [-0.15, -0.1) is 23.5 Å². The molecular formula is C35H54O7S3. The molecule has 0 unspecified atom stereocenters. The van der Waals surface area contributed by atoms with Gasteiger partial charge < -0.3 is 9.84 Å². The first kappa shape index (κ1) is 39.5. The summed E-state index contributed by atoms with van der Waals surface area (Å²) in [6, 6.07) is 8.43. The molecule has 0 aliphatic rings. The van der Waals surface area contributed by atoms with Crippen molar-refractivity contribution in [2.24, 2.45) is 0 Å². The van der Waals surface area contributed by atoms with Crippen LogP contribution in [0.5, 0.6) is 11.5 Å². The monoisotopic (exact) mass is 682 g/mol. The minimum Gasteiger partial charge on any atom is -0.507 e. The van der Waals surface area contributed by atoms with Crippen molar-refractivity contribution >= 4 is 39.9 Å². The standard InChI is InChI=1S/C35H54O7S3/c1-31(2,3)24-18-22(19-25(29(24)37)32(4,5)6)43-35(13,14)44-23-20-26(33(7,8)9)30(27(21-23)34(10,11)12)42-28(36)16-15-17-41-45(38,39)40/h18-21,37H,15-17H2,1-14H3,(H,38,39,40). The molecule has 45 heavy (non-hydrogen) atoms. The van der Waals surface area contributed by atoms with Crippen LogP contribution in [0.2, 0.25) is 0 Å². The van der Waals surface area contributed by atoms with Gasteiger partial charge in [0.05, 0.1) is 10.7 Å². The Morgan fingerprint density at radius 2 is 1.04 bits per heavy atom. The summed E-state index contributed by atoms with van der Waals surface area (Å²) >= 11 is 3.50. The van der Waals surface area contributed by atoms with Crippen LogP contribution in [-0.4, -0.2) is 34.7 Å². The van der Waals surface area contributed by atoms with Gasteiger partial charge in [-0.3, -0.25) is 9.35 Å². The van der Waals surface area contributed by atoms with Gasteiger partial charge in [0.1, 0.15) is 11.5 Å². The molecule has 2 aromatic carbocycles. The van der Waals surface area contributed by atoms with Crippen LogP contribution in [0, 0.1) is 0 Å². The lowest BCUT2D eigenvalue weighted by Gasteiger charge is -2.32. The smallest absolute Gasteiger partial charge is 0.397 e. The maximum atomic E-state index is 12.9. The summed E-state index contributed by atoms with van der Waals surface area (Å²) < 4.78 is 40.5. The van der Waals surface area contributed by atoms with Crippen LogP contribution in [0.4, 0.5) is 0 Å². The summed E-state index contributed by atoms with van der Waals surface area (Å²) in [5, 5.41) is 11.2. The Kier molecular flexibility index (Phi) is 12.1. The SMILES string of the molecule is CC(C)(Sc1cc(C(C)(C)C)c(O)c(C(C)(C)C)c1)Sc1cc(C(C)(C)C)c(OC(=O)CCCOS(=O)(=O)O)c(C(C)(C)C)c1. The van der Waals surface area contributed by atoms with Crippen LogP contribution in [0.15, 0.2) is 34.1 Å². The third-order valence-corrected chi connectivity index (χ3v) is 9.97. The van der Waals surface area contributed by atoms with Crippen molar-refractivity contribution in [3.05, 3.63) is 46.5 Å². The number of aromatic hydroxyl groups is 1. The van der Waals surface area contributed by atoms with Crippen LogP contribution in [-0.2, 0) is 41.0 Å². The fourth-order valence-electron chi connectivity index (χ4n) is 4.83. The molecule has 0 saturated carbocycles. The molecule has 0 amide bonds. The molecule has 0 radical (unpaired) electrons. The molecule has 2 aromatic rings. The summed E-state index contributed by atoms with van der Waals surface area (Å²) in [5.74, 6) is 0.386. The van der Waals surface area contributed by atoms with Gasteiger partial charge >= 0.3 is 16.4 Å². The number of hydrogen-bond donors (Lipinski definition) is 2. The minimum atomic E-state index is -4.56. The van der Waals surface area contributed by atoms with E-state index >= 15 is 0 Å². The van der Waals surface area contributed by atoms with Gasteiger partial charge in [0.15, 0.2) is 0 Å². The van der Waals surface area contributed by atoms with E-state index in [2.05, 4.69) is 125 Å². The minimum absolute atomic E-state index is 0.0669. The summed E-state index contributed by atoms with van der Waals surface area (Å²) in [4.78, 5) is 15.1. The summed E-state index contributed by atoms with van der Waals surface area (Å²) in [6.07, 6.45) is 0.0153. The van der Waals surface area contributed by atoms with E-state index < -0.39 is 16.4 Å². The van der Waals surface area contributed by atoms with Crippen LogP contribution >= 0.6 is 23.5 Å². The zero-order chi connectivity index (χ0) is 35.0. The second-order valence-electron chi connectivity index (χ2n) is 16.1. The first-order valence-corrected chi connectivity index (χ1v) is 18.3. The van der Waals surface area contributed by atoms with E-state index in [1.165, 1.54) is 0 Å². The molecule has 0 fully saturated rings. The molecule has 254 valence electrons. The lowest BCUT2D eigenvalue weighted by molar-refractivity contribution is -0.134. The normalized spacial score (nSPS) is 13.7. The van der Waals surface area contributed by atoms with Crippen molar-refractivity contribution in [1.29, 1.82) is 0 Å². The molecule has 10 heteroatoms. The van der Waals surface area contributed by atoms with E-state index in [4.69, 9.17) is 9.29 Å². The number of ether oxygens (including phenoxy) is 1. The van der Waals surface area contributed by atoms with E-state index in [0.29, 0.717) is 11.5 Å². The number of carbonyl (C=O) groups is 1. The molecule has 0 atom stereocenters. The van der Waals surface area contributed by atoms with Crippen molar-refractivity contribution < 1.29 is 31.8 Å². The highest BCUT2D eigenvalue weighted by Crippen LogP contribution is 2.51. The van der Waals surface area contributed by atoms with E-state index in [0.717, 1.165) is 32.0 Å². The van der Waals surface area contributed by atoms with Gasteiger partial charge in [-0.1, -0.05) is 83.1 Å². The molecule has 0 aliphatic heterocycles. The van der Waals surface area contributed by atoms with Crippen LogP contribution in [0.25, 0.3) is 0 Å². The fraction of sp³-hybridized carbons (Fsp3) is 0.629. The Morgan fingerprint density at radius 3 is 1.38 bits per heavy atom. The Labute approximate surface area is 280 Å². The number of esters is 1. The van der Waals surface area contributed by atoms with Crippen molar-refractivity contribution in [2.75, 3.05) is 6.61 Å². The first-order chi connectivity index (χ1) is 20.0. The molecule has 2 rings (SSSR count). The Balaban J connectivity index is 2.53. The highest BCUT2D eigenvalue weighted by atomic mass is 32.3. The third-order valence-electron chi connectivity index (χ3n) is 7.08. The number of rotatable bonds is 10. The van der Waals surface area contributed by atoms with Crippen molar-refractivity contribution in [2.45, 2.75) is 145 Å². The zero-order valence-electron chi connectivity index (χ0n) is 29.6. The Bertz CT molecular complexity index is 1410. The number of phenolic OH excluding ortho intramolecular Hbond substituents is 1. The van der Waals surface area contributed by atoms with Gasteiger partial charge in [-0.2, -0.15) is 8.42 Å². The Morgan fingerprint density at radius 1 is 0.689 bits per heavy atom. The number of phenols is 1. The predicted molar refractivity (Wildman–Crippen MR) is 188 cm³/mol. The van der Waals surface area contributed by atoms with E-state index in [1.54, 1.807) is 23.5 Å². The van der Waals surface area contributed by atoms with Gasteiger partial charge in [0, 0.05) is 38.5 Å². The fourth-order valence-corrected chi connectivity index (χ4v) is 7.74. The molecule has 7 nitrogen and oxygen atoms in total. The van der Waals surface area contributed by atoms with Crippen molar-refractivity contribution in [3.8, 4) is 11.5 Å².